The molecule has 1 saturated carbocycles. The second-order valence-electron chi connectivity index (χ2n) is 9.33. The van der Waals surface area contributed by atoms with Crippen LogP contribution in [0.5, 0.6) is 0 Å². The third-order valence-corrected chi connectivity index (χ3v) is 6.53. The largest absolute Gasteiger partial charge is 0.462 e. The van der Waals surface area contributed by atoms with E-state index >= 15 is 0 Å². The monoisotopic (exact) mass is 478 g/mol. The van der Waals surface area contributed by atoms with Crippen LogP contribution in [0.4, 0.5) is 0 Å². The number of esters is 1. The number of aliphatic hydroxyl groups is 7. The van der Waals surface area contributed by atoms with Crippen molar-refractivity contribution >= 4 is 5.97 Å². The second-order valence-corrected chi connectivity index (χ2v) is 9.33. The maximum atomic E-state index is 12.2. The molecule has 1 aliphatic carbocycles. The van der Waals surface area contributed by atoms with Crippen LogP contribution in [0, 0.1) is 17.8 Å². The molecular formula is C21H34O12. The van der Waals surface area contributed by atoms with Crippen molar-refractivity contribution < 1.29 is 59.5 Å². The Morgan fingerprint density at radius 3 is 2.45 bits per heavy atom. The molecule has 12 nitrogen and oxygen atoms in total. The lowest BCUT2D eigenvalue weighted by molar-refractivity contribution is -0.299. The van der Waals surface area contributed by atoms with E-state index in [1.165, 1.54) is 6.26 Å². The van der Waals surface area contributed by atoms with E-state index in [0.29, 0.717) is 5.57 Å². The zero-order valence-corrected chi connectivity index (χ0v) is 18.6. The molecule has 190 valence electrons. The van der Waals surface area contributed by atoms with Crippen molar-refractivity contribution in [1.29, 1.82) is 0 Å². The van der Waals surface area contributed by atoms with E-state index in [-0.39, 0.29) is 25.4 Å². The zero-order valence-electron chi connectivity index (χ0n) is 18.6. The SMILES string of the molecule is CC(C)CC(=O)OC1OC=C(CO[C@@H]2O[C@H](CO)[C@@H](O)[C@H](O)[C@H]2O)C2CC(O)C(O)(CO)C12. The van der Waals surface area contributed by atoms with E-state index in [1.807, 2.05) is 13.8 Å². The first-order chi connectivity index (χ1) is 15.5. The lowest BCUT2D eigenvalue weighted by atomic mass is 9.80. The molecule has 0 bridgehead atoms. The quantitative estimate of drug-likeness (QED) is 0.179. The molecule has 5 unspecified atom stereocenters. The topological polar surface area (TPSA) is 196 Å². The summed E-state index contributed by atoms with van der Waals surface area (Å²) in [5.41, 5.74) is -1.56. The molecule has 0 aromatic heterocycles. The van der Waals surface area contributed by atoms with Crippen molar-refractivity contribution in [3.05, 3.63) is 11.8 Å². The fourth-order valence-electron chi connectivity index (χ4n) is 4.64. The van der Waals surface area contributed by atoms with Gasteiger partial charge in [-0.25, -0.2) is 0 Å². The van der Waals surface area contributed by atoms with E-state index in [0.717, 1.165) is 0 Å². The van der Waals surface area contributed by atoms with Crippen molar-refractivity contribution in [1.82, 2.24) is 0 Å². The van der Waals surface area contributed by atoms with Crippen LogP contribution in [0.15, 0.2) is 11.8 Å². The number of hydrogen-bond donors (Lipinski definition) is 7. The van der Waals surface area contributed by atoms with E-state index < -0.39 is 79.7 Å². The molecule has 2 fully saturated rings. The molecule has 2 aliphatic heterocycles. The standard InChI is InChI=1S/C21H34O12/c1-9(2)3-14(25)33-19-15-11(4-13(24)21(15,29)8-23)10(6-30-19)7-31-20-18(28)17(27)16(26)12(5-22)32-20/h6,9,11-13,15-20,22-24,26-29H,3-5,7-8H2,1-2H3/t11?,12-,13?,15?,16-,17+,18-,19?,20-,21?/m1/s1. The van der Waals surface area contributed by atoms with Crippen LogP contribution in [0.25, 0.3) is 0 Å². The Balaban J connectivity index is 1.75. The van der Waals surface area contributed by atoms with Crippen LogP contribution in [0.2, 0.25) is 0 Å². The van der Waals surface area contributed by atoms with Gasteiger partial charge in [-0.2, -0.15) is 0 Å². The van der Waals surface area contributed by atoms with Gasteiger partial charge in [-0.3, -0.25) is 4.79 Å². The number of hydrogen-bond acceptors (Lipinski definition) is 12. The third-order valence-electron chi connectivity index (χ3n) is 6.53. The lowest BCUT2D eigenvalue weighted by Crippen LogP contribution is -2.59. The summed E-state index contributed by atoms with van der Waals surface area (Å²) in [6.07, 6.45) is -8.43. The Morgan fingerprint density at radius 1 is 1.15 bits per heavy atom. The van der Waals surface area contributed by atoms with Crippen molar-refractivity contribution in [3.8, 4) is 0 Å². The molecule has 0 radical (unpaired) electrons. The average Bonchev–Trinajstić information content (AvgIpc) is 3.03. The third kappa shape index (κ3) is 5.19. The minimum absolute atomic E-state index is 0.0210. The van der Waals surface area contributed by atoms with E-state index in [2.05, 4.69) is 0 Å². The number of carbonyl (C=O) groups is 1. The highest BCUT2D eigenvalue weighted by molar-refractivity contribution is 5.69. The van der Waals surface area contributed by atoms with Gasteiger partial charge in [0.2, 0.25) is 6.29 Å². The number of rotatable bonds is 8. The Hall–Kier alpha value is -1.35. The van der Waals surface area contributed by atoms with Crippen LogP contribution < -0.4 is 0 Å². The summed E-state index contributed by atoms with van der Waals surface area (Å²) in [6.45, 7) is 2.04. The van der Waals surface area contributed by atoms with Crippen molar-refractivity contribution in [2.45, 2.75) is 75.4 Å². The molecule has 3 aliphatic rings. The fourth-order valence-corrected chi connectivity index (χ4v) is 4.64. The first-order valence-electron chi connectivity index (χ1n) is 11.0. The molecule has 0 amide bonds. The van der Waals surface area contributed by atoms with Gasteiger partial charge in [0.1, 0.15) is 30.0 Å². The normalized spacial score (nSPS) is 43.1. The number of ether oxygens (including phenoxy) is 4. The Bertz CT molecular complexity index is 711. The first kappa shape index (κ1) is 26.3. The number of aliphatic hydroxyl groups excluding tert-OH is 6. The summed E-state index contributed by atoms with van der Waals surface area (Å²) in [5, 5.41) is 70.5. The lowest BCUT2D eigenvalue weighted by Gasteiger charge is -2.41. The van der Waals surface area contributed by atoms with Gasteiger partial charge in [0.15, 0.2) is 6.29 Å². The van der Waals surface area contributed by atoms with E-state index in [1.54, 1.807) is 0 Å². The van der Waals surface area contributed by atoms with Gasteiger partial charge >= 0.3 is 5.97 Å². The second kappa shape index (κ2) is 10.5. The van der Waals surface area contributed by atoms with E-state index in [4.69, 9.17) is 18.9 Å². The maximum Gasteiger partial charge on any atom is 0.309 e. The molecule has 3 rings (SSSR count). The molecule has 12 heteroatoms. The van der Waals surface area contributed by atoms with Gasteiger partial charge in [0.05, 0.1) is 38.1 Å². The van der Waals surface area contributed by atoms with Gasteiger partial charge in [-0.15, -0.1) is 0 Å². The highest BCUT2D eigenvalue weighted by atomic mass is 16.7. The van der Waals surface area contributed by atoms with Crippen LogP contribution in [-0.2, 0) is 23.7 Å². The fraction of sp³-hybridized carbons (Fsp3) is 0.857. The summed E-state index contributed by atoms with van der Waals surface area (Å²) >= 11 is 0. The van der Waals surface area contributed by atoms with Crippen molar-refractivity contribution in [2.24, 2.45) is 17.8 Å². The first-order valence-corrected chi connectivity index (χ1v) is 11.0. The Kier molecular flexibility index (Phi) is 8.36. The van der Waals surface area contributed by atoms with Gasteiger partial charge < -0.3 is 54.7 Å². The molecule has 10 atom stereocenters. The van der Waals surface area contributed by atoms with Crippen LogP contribution in [0.3, 0.4) is 0 Å². The van der Waals surface area contributed by atoms with Gasteiger partial charge in [0.25, 0.3) is 0 Å². The Morgan fingerprint density at radius 2 is 1.85 bits per heavy atom. The predicted molar refractivity (Wildman–Crippen MR) is 108 cm³/mol. The summed E-state index contributed by atoms with van der Waals surface area (Å²) in [7, 11) is 0. The van der Waals surface area contributed by atoms with Gasteiger partial charge in [-0.05, 0) is 17.9 Å². The molecule has 0 spiro atoms. The maximum absolute atomic E-state index is 12.2. The number of fused-ring (bicyclic) bond motifs is 1. The molecule has 0 aromatic carbocycles. The Labute approximate surface area is 191 Å². The van der Waals surface area contributed by atoms with Crippen LogP contribution in [0.1, 0.15) is 26.7 Å². The molecule has 2 heterocycles. The van der Waals surface area contributed by atoms with Crippen LogP contribution >= 0.6 is 0 Å². The highest BCUT2D eigenvalue weighted by Gasteiger charge is 2.60. The minimum Gasteiger partial charge on any atom is -0.462 e. The van der Waals surface area contributed by atoms with Gasteiger partial charge in [0, 0.05) is 12.3 Å². The predicted octanol–water partition coefficient (Wildman–Crippen LogP) is -2.65. The zero-order chi connectivity index (χ0) is 24.5. The minimum atomic E-state index is -1.99. The summed E-state index contributed by atoms with van der Waals surface area (Å²) < 4.78 is 21.8. The van der Waals surface area contributed by atoms with E-state index in [9.17, 15) is 40.5 Å². The molecule has 1 saturated heterocycles. The summed E-state index contributed by atoms with van der Waals surface area (Å²) in [4.78, 5) is 12.2. The van der Waals surface area contributed by atoms with Crippen LogP contribution in [-0.4, -0.2) is 110 Å². The van der Waals surface area contributed by atoms with Crippen molar-refractivity contribution in [3.63, 3.8) is 0 Å². The van der Waals surface area contributed by atoms with Gasteiger partial charge in [-0.1, -0.05) is 13.8 Å². The molecule has 0 aromatic rings. The van der Waals surface area contributed by atoms with Crippen molar-refractivity contribution in [2.75, 3.05) is 19.8 Å². The molecule has 33 heavy (non-hydrogen) atoms. The number of carbonyl (C=O) groups excluding carboxylic acids is 1. The summed E-state index contributed by atoms with van der Waals surface area (Å²) in [5.74, 6) is -2.12. The summed E-state index contributed by atoms with van der Waals surface area (Å²) in [6, 6.07) is 0. The molecule has 7 N–H and O–H groups in total. The average molecular weight is 478 g/mol. The smallest absolute Gasteiger partial charge is 0.309 e. The highest BCUT2D eigenvalue weighted by Crippen LogP contribution is 2.49. The molecular weight excluding hydrogens is 444 g/mol.